The van der Waals surface area contributed by atoms with Crippen LogP contribution in [0.5, 0.6) is 0 Å². The van der Waals surface area contributed by atoms with E-state index in [1.54, 1.807) is 11.3 Å². The molecule has 16 heavy (non-hydrogen) atoms. The van der Waals surface area contributed by atoms with Gasteiger partial charge in [0, 0.05) is 30.7 Å². The van der Waals surface area contributed by atoms with Crippen molar-refractivity contribution >= 4 is 11.3 Å². The molecule has 4 heteroatoms. The van der Waals surface area contributed by atoms with Crippen molar-refractivity contribution in [3.8, 4) is 0 Å². The molecule has 1 aromatic rings. The van der Waals surface area contributed by atoms with Gasteiger partial charge in [-0.1, -0.05) is 6.92 Å². The smallest absolute Gasteiger partial charge is 0.109 e. The molecule has 2 unspecified atom stereocenters. The van der Waals surface area contributed by atoms with Gasteiger partial charge in [0.15, 0.2) is 0 Å². The molecule has 0 aliphatic carbocycles. The number of thiazole rings is 1. The first-order chi connectivity index (χ1) is 7.65. The van der Waals surface area contributed by atoms with Crippen LogP contribution >= 0.6 is 11.3 Å². The van der Waals surface area contributed by atoms with Crippen LogP contribution in [0.2, 0.25) is 0 Å². The summed E-state index contributed by atoms with van der Waals surface area (Å²) in [5.74, 6) is 0. The molecule has 0 aliphatic rings. The Hall–Kier alpha value is -0.450. The fraction of sp³-hybridized carbons (Fsp3) is 0.750. The first kappa shape index (κ1) is 13.6. The third kappa shape index (κ3) is 4.20. The second kappa shape index (κ2) is 6.99. The van der Waals surface area contributed by atoms with Crippen LogP contribution in [-0.2, 0) is 0 Å². The Morgan fingerprint density at radius 2 is 2.25 bits per heavy atom. The SMILES string of the molecule is CCC(C)N(C)CCNC(C)c1nccs1. The van der Waals surface area contributed by atoms with Crippen molar-refractivity contribution in [2.75, 3.05) is 20.1 Å². The number of nitrogens with zero attached hydrogens (tertiary/aromatic N) is 2. The number of hydrogen-bond donors (Lipinski definition) is 1. The number of nitrogens with one attached hydrogen (secondary N) is 1. The lowest BCUT2D eigenvalue weighted by atomic mass is 10.2. The van der Waals surface area contributed by atoms with Gasteiger partial charge in [0.1, 0.15) is 5.01 Å². The van der Waals surface area contributed by atoms with Crippen LogP contribution in [0.1, 0.15) is 38.2 Å². The minimum atomic E-state index is 0.366. The zero-order valence-electron chi connectivity index (χ0n) is 10.7. The first-order valence-electron chi connectivity index (χ1n) is 5.98. The van der Waals surface area contributed by atoms with Gasteiger partial charge in [0.05, 0.1) is 6.04 Å². The Kier molecular flexibility index (Phi) is 5.95. The lowest BCUT2D eigenvalue weighted by molar-refractivity contribution is 0.249. The normalized spacial score (nSPS) is 15.3. The molecule has 2 atom stereocenters. The van der Waals surface area contributed by atoms with E-state index < -0.39 is 0 Å². The Balaban J connectivity index is 2.20. The molecule has 0 fully saturated rings. The summed E-state index contributed by atoms with van der Waals surface area (Å²) in [6, 6.07) is 1.03. The number of likely N-dealkylation sites (N-methyl/N-ethyl adjacent to an activating group) is 1. The van der Waals surface area contributed by atoms with Crippen LogP contribution in [0.15, 0.2) is 11.6 Å². The molecule has 0 saturated carbocycles. The monoisotopic (exact) mass is 241 g/mol. The topological polar surface area (TPSA) is 28.2 Å². The van der Waals surface area contributed by atoms with Crippen LogP contribution in [0.3, 0.4) is 0 Å². The molecule has 92 valence electrons. The minimum Gasteiger partial charge on any atom is -0.307 e. The van der Waals surface area contributed by atoms with Crippen molar-refractivity contribution in [3.63, 3.8) is 0 Å². The second-order valence-electron chi connectivity index (χ2n) is 4.28. The van der Waals surface area contributed by atoms with E-state index in [1.165, 1.54) is 11.4 Å². The van der Waals surface area contributed by atoms with Crippen molar-refractivity contribution in [3.05, 3.63) is 16.6 Å². The molecule has 0 radical (unpaired) electrons. The van der Waals surface area contributed by atoms with Crippen molar-refractivity contribution in [2.24, 2.45) is 0 Å². The molecule has 0 amide bonds. The van der Waals surface area contributed by atoms with E-state index in [-0.39, 0.29) is 0 Å². The van der Waals surface area contributed by atoms with Crippen molar-refractivity contribution in [1.29, 1.82) is 0 Å². The zero-order chi connectivity index (χ0) is 12.0. The summed E-state index contributed by atoms with van der Waals surface area (Å²) < 4.78 is 0. The molecule has 0 aromatic carbocycles. The van der Waals surface area contributed by atoms with E-state index in [1.807, 2.05) is 11.6 Å². The molecule has 1 aromatic heterocycles. The third-order valence-electron chi connectivity index (χ3n) is 3.08. The van der Waals surface area contributed by atoms with Crippen LogP contribution < -0.4 is 5.32 Å². The fourth-order valence-corrected chi connectivity index (χ4v) is 2.20. The summed E-state index contributed by atoms with van der Waals surface area (Å²) in [4.78, 5) is 6.70. The number of rotatable bonds is 7. The van der Waals surface area contributed by atoms with Crippen LogP contribution in [0.4, 0.5) is 0 Å². The predicted molar refractivity (Wildman–Crippen MR) is 70.9 cm³/mol. The van der Waals surface area contributed by atoms with Gasteiger partial charge in [0.25, 0.3) is 0 Å². The van der Waals surface area contributed by atoms with E-state index >= 15 is 0 Å². The lowest BCUT2D eigenvalue weighted by Gasteiger charge is -2.24. The highest BCUT2D eigenvalue weighted by Crippen LogP contribution is 2.14. The molecule has 1 heterocycles. The molecule has 0 bridgehead atoms. The van der Waals surface area contributed by atoms with Gasteiger partial charge in [-0.25, -0.2) is 4.98 Å². The highest BCUT2D eigenvalue weighted by atomic mass is 32.1. The van der Waals surface area contributed by atoms with Gasteiger partial charge in [-0.3, -0.25) is 0 Å². The Morgan fingerprint density at radius 3 is 2.81 bits per heavy atom. The highest BCUT2D eigenvalue weighted by Gasteiger charge is 2.09. The molecular weight excluding hydrogens is 218 g/mol. The standard InChI is InChI=1S/C12H23N3S/c1-5-10(2)15(4)8-6-13-11(3)12-14-7-9-16-12/h7,9-11,13H,5-6,8H2,1-4H3. The van der Waals surface area contributed by atoms with Gasteiger partial charge >= 0.3 is 0 Å². The molecule has 0 saturated heterocycles. The number of aromatic nitrogens is 1. The second-order valence-corrected chi connectivity index (χ2v) is 5.21. The lowest BCUT2D eigenvalue weighted by Crippen LogP contribution is -2.35. The number of hydrogen-bond acceptors (Lipinski definition) is 4. The van der Waals surface area contributed by atoms with Gasteiger partial charge < -0.3 is 10.2 Å². The minimum absolute atomic E-state index is 0.366. The van der Waals surface area contributed by atoms with Crippen molar-refractivity contribution in [2.45, 2.75) is 39.3 Å². The van der Waals surface area contributed by atoms with E-state index in [0.29, 0.717) is 12.1 Å². The average Bonchev–Trinajstić information content (AvgIpc) is 2.81. The van der Waals surface area contributed by atoms with Crippen molar-refractivity contribution in [1.82, 2.24) is 15.2 Å². The molecule has 0 aliphatic heterocycles. The van der Waals surface area contributed by atoms with E-state index in [2.05, 4.69) is 43.0 Å². The zero-order valence-corrected chi connectivity index (χ0v) is 11.5. The molecular formula is C12H23N3S. The highest BCUT2D eigenvalue weighted by molar-refractivity contribution is 7.09. The summed E-state index contributed by atoms with van der Waals surface area (Å²) in [6.07, 6.45) is 3.07. The van der Waals surface area contributed by atoms with Crippen LogP contribution in [0.25, 0.3) is 0 Å². The maximum Gasteiger partial charge on any atom is 0.109 e. The molecule has 0 spiro atoms. The van der Waals surface area contributed by atoms with Gasteiger partial charge in [-0.15, -0.1) is 11.3 Å². The van der Waals surface area contributed by atoms with Gasteiger partial charge in [-0.05, 0) is 27.3 Å². The first-order valence-corrected chi connectivity index (χ1v) is 6.86. The Labute approximate surface area is 103 Å². The van der Waals surface area contributed by atoms with E-state index in [9.17, 15) is 0 Å². The quantitative estimate of drug-likeness (QED) is 0.795. The van der Waals surface area contributed by atoms with Crippen LogP contribution in [-0.4, -0.2) is 36.1 Å². The summed E-state index contributed by atoms with van der Waals surface area (Å²) in [5.41, 5.74) is 0. The van der Waals surface area contributed by atoms with Gasteiger partial charge in [-0.2, -0.15) is 0 Å². The summed E-state index contributed by atoms with van der Waals surface area (Å²) in [5, 5.41) is 6.70. The maximum atomic E-state index is 4.31. The third-order valence-corrected chi connectivity index (χ3v) is 4.04. The average molecular weight is 241 g/mol. The van der Waals surface area contributed by atoms with Crippen LogP contribution in [0, 0.1) is 0 Å². The van der Waals surface area contributed by atoms with Crippen molar-refractivity contribution < 1.29 is 0 Å². The summed E-state index contributed by atoms with van der Waals surface area (Å²) >= 11 is 1.71. The van der Waals surface area contributed by atoms with E-state index in [0.717, 1.165) is 13.1 Å². The molecule has 1 N–H and O–H groups in total. The predicted octanol–water partition coefficient (Wildman–Crippen LogP) is 2.52. The summed E-state index contributed by atoms with van der Waals surface area (Å²) in [7, 11) is 2.18. The molecule has 1 rings (SSSR count). The summed E-state index contributed by atoms with van der Waals surface area (Å²) in [6.45, 7) is 8.77. The van der Waals surface area contributed by atoms with Gasteiger partial charge in [0.2, 0.25) is 0 Å². The molecule has 3 nitrogen and oxygen atoms in total. The van der Waals surface area contributed by atoms with E-state index in [4.69, 9.17) is 0 Å². The largest absolute Gasteiger partial charge is 0.307 e. The maximum absolute atomic E-state index is 4.31. The fourth-order valence-electron chi connectivity index (χ4n) is 1.53. The Bertz CT molecular complexity index is 274. The Morgan fingerprint density at radius 1 is 1.50 bits per heavy atom.